The first kappa shape index (κ1) is 6.54. The van der Waals surface area contributed by atoms with Crippen LogP contribution in [-0.2, 0) is 0 Å². The van der Waals surface area contributed by atoms with E-state index in [0.717, 1.165) is 0 Å². The van der Waals surface area contributed by atoms with E-state index in [9.17, 15) is 0 Å². The van der Waals surface area contributed by atoms with Crippen molar-refractivity contribution in [3.8, 4) is 12.1 Å². The fourth-order valence-electron chi connectivity index (χ4n) is 0.432. The van der Waals surface area contributed by atoms with Gasteiger partial charge >= 0.3 is 0 Å². The number of rotatable bonds is 0. The lowest BCUT2D eigenvalue weighted by atomic mass is 10.3. The number of hydrogen-bond acceptors (Lipinski definition) is 4. The largest absolute Gasteiger partial charge is 0.193 e. The van der Waals surface area contributed by atoms with Gasteiger partial charge in [-0.2, -0.15) is 10.5 Å². The highest BCUT2D eigenvalue weighted by Crippen LogP contribution is 2.40. The van der Waals surface area contributed by atoms with Gasteiger partial charge in [0.25, 0.3) is 0 Å². The van der Waals surface area contributed by atoms with Crippen LogP contribution in [0.4, 0.5) is 0 Å². The fraction of sp³-hybridized carbons (Fsp3) is 0.200. The molecule has 0 saturated heterocycles. The van der Waals surface area contributed by atoms with Crippen LogP contribution in [0.3, 0.4) is 0 Å². The van der Waals surface area contributed by atoms with Gasteiger partial charge in [0.1, 0.15) is 11.0 Å². The van der Waals surface area contributed by atoms with E-state index in [1.54, 1.807) is 0 Å². The summed E-state index contributed by atoms with van der Waals surface area (Å²) in [4.78, 5) is 0.572. The zero-order valence-electron chi connectivity index (χ0n) is 4.42. The van der Waals surface area contributed by atoms with Crippen LogP contribution in [0.1, 0.15) is 0 Å². The molecule has 0 spiro atoms. The summed E-state index contributed by atoms with van der Waals surface area (Å²) in [6.07, 6.45) is 0. The van der Waals surface area contributed by atoms with E-state index in [-0.39, 0.29) is 0 Å². The summed E-state index contributed by atoms with van der Waals surface area (Å²) in [5.74, 6) is 0.685. The Bertz CT molecular complexity index is 206. The van der Waals surface area contributed by atoms with Gasteiger partial charge < -0.3 is 0 Å². The van der Waals surface area contributed by atoms with Crippen molar-refractivity contribution in [2.75, 3.05) is 5.75 Å². The highest BCUT2D eigenvalue weighted by atomic mass is 33.1. The Morgan fingerprint density at radius 1 is 1.33 bits per heavy atom. The lowest BCUT2D eigenvalue weighted by Crippen LogP contribution is -1.77. The van der Waals surface area contributed by atoms with E-state index in [4.69, 9.17) is 10.5 Å². The molecule has 0 N–H and O–H groups in total. The highest BCUT2D eigenvalue weighted by Gasteiger charge is 2.14. The normalized spacial score (nSPS) is 17.1. The molecule has 2 nitrogen and oxygen atoms in total. The molecular formula is C5H2N2S2. The predicted octanol–water partition coefficient (Wildman–Crippen LogP) is 1.68. The van der Waals surface area contributed by atoms with Gasteiger partial charge in [-0.25, -0.2) is 0 Å². The van der Waals surface area contributed by atoms with Gasteiger partial charge in [-0.3, -0.25) is 0 Å². The first-order valence-corrected chi connectivity index (χ1v) is 4.53. The molecule has 0 amide bonds. The molecular weight excluding hydrogens is 152 g/mol. The Hall–Kier alpha value is -0.580. The van der Waals surface area contributed by atoms with Crippen LogP contribution in [-0.4, -0.2) is 5.75 Å². The van der Waals surface area contributed by atoms with Crippen molar-refractivity contribution in [2.24, 2.45) is 0 Å². The first-order chi connectivity index (χ1) is 4.38. The smallest absolute Gasteiger partial charge is 0.110 e. The van der Waals surface area contributed by atoms with Crippen LogP contribution >= 0.6 is 21.6 Å². The summed E-state index contributed by atoms with van der Waals surface area (Å²) >= 11 is 0. The monoisotopic (exact) mass is 154 g/mol. The SMILES string of the molecule is N#CC1=C(C#N)SSC1. The molecule has 0 fully saturated rings. The van der Waals surface area contributed by atoms with E-state index in [1.807, 2.05) is 12.1 Å². The van der Waals surface area contributed by atoms with Gasteiger partial charge in [-0.15, -0.1) is 0 Å². The van der Waals surface area contributed by atoms with Gasteiger partial charge in [-0.1, -0.05) is 10.8 Å². The average Bonchev–Trinajstić information content (AvgIpc) is 2.33. The molecule has 0 aliphatic carbocycles. The molecule has 1 heterocycles. The Kier molecular flexibility index (Phi) is 2.05. The van der Waals surface area contributed by atoms with Gasteiger partial charge in [-0.05, 0) is 10.8 Å². The summed E-state index contributed by atoms with van der Waals surface area (Å²) in [5.41, 5.74) is 0.618. The third-order valence-corrected chi connectivity index (χ3v) is 3.09. The average molecular weight is 154 g/mol. The van der Waals surface area contributed by atoms with Crippen molar-refractivity contribution in [3.63, 3.8) is 0 Å². The fourth-order valence-corrected chi connectivity index (χ4v) is 2.58. The first-order valence-electron chi connectivity index (χ1n) is 2.21. The van der Waals surface area contributed by atoms with Crippen LogP contribution in [0.2, 0.25) is 0 Å². The third-order valence-electron chi connectivity index (χ3n) is 0.856. The molecule has 0 aromatic carbocycles. The van der Waals surface area contributed by atoms with Crippen LogP contribution < -0.4 is 0 Å². The summed E-state index contributed by atoms with van der Waals surface area (Å²) in [6, 6.07) is 3.94. The minimum atomic E-state index is 0.572. The van der Waals surface area contributed by atoms with E-state index >= 15 is 0 Å². The van der Waals surface area contributed by atoms with Crippen molar-refractivity contribution in [3.05, 3.63) is 10.5 Å². The van der Waals surface area contributed by atoms with Crippen LogP contribution in [0.25, 0.3) is 0 Å². The molecule has 0 radical (unpaired) electrons. The molecule has 0 atom stereocenters. The lowest BCUT2D eigenvalue weighted by molar-refractivity contribution is 1.44. The molecule has 1 rings (SSSR count). The van der Waals surface area contributed by atoms with Crippen molar-refractivity contribution < 1.29 is 0 Å². The minimum Gasteiger partial charge on any atom is -0.193 e. The second-order valence-electron chi connectivity index (χ2n) is 1.38. The number of hydrogen-bond donors (Lipinski definition) is 0. The predicted molar refractivity (Wildman–Crippen MR) is 38.3 cm³/mol. The van der Waals surface area contributed by atoms with Gasteiger partial charge in [0.15, 0.2) is 0 Å². The van der Waals surface area contributed by atoms with Gasteiger partial charge in [0, 0.05) is 5.75 Å². The van der Waals surface area contributed by atoms with Crippen molar-refractivity contribution in [1.82, 2.24) is 0 Å². The maximum atomic E-state index is 8.38. The summed E-state index contributed by atoms with van der Waals surface area (Å²) in [5, 5.41) is 16.8. The van der Waals surface area contributed by atoms with Crippen molar-refractivity contribution in [1.29, 1.82) is 10.5 Å². The molecule has 0 aromatic rings. The maximum absolute atomic E-state index is 8.38. The van der Waals surface area contributed by atoms with Crippen LogP contribution in [0, 0.1) is 22.7 Å². The number of nitrogens with zero attached hydrogens (tertiary/aromatic N) is 2. The maximum Gasteiger partial charge on any atom is 0.110 e. The Labute approximate surface area is 60.9 Å². The van der Waals surface area contributed by atoms with Gasteiger partial charge in [0.05, 0.1) is 11.6 Å². The molecule has 1 aliphatic rings. The Morgan fingerprint density at radius 3 is 2.56 bits per heavy atom. The zero-order chi connectivity index (χ0) is 6.69. The zero-order valence-corrected chi connectivity index (χ0v) is 6.05. The van der Waals surface area contributed by atoms with Crippen LogP contribution in [0.5, 0.6) is 0 Å². The summed E-state index contributed by atoms with van der Waals surface area (Å²) in [6.45, 7) is 0. The number of nitriles is 2. The lowest BCUT2D eigenvalue weighted by Gasteiger charge is -1.78. The molecule has 9 heavy (non-hydrogen) atoms. The van der Waals surface area contributed by atoms with Crippen molar-refractivity contribution in [2.45, 2.75) is 0 Å². The van der Waals surface area contributed by atoms with Gasteiger partial charge in [0.2, 0.25) is 0 Å². The van der Waals surface area contributed by atoms with E-state index < -0.39 is 0 Å². The van der Waals surface area contributed by atoms with E-state index in [1.165, 1.54) is 21.6 Å². The molecule has 0 saturated carbocycles. The molecule has 44 valence electrons. The molecule has 0 unspecified atom stereocenters. The summed E-state index contributed by atoms with van der Waals surface area (Å²) in [7, 11) is 2.92. The second kappa shape index (κ2) is 2.82. The highest BCUT2D eigenvalue weighted by molar-refractivity contribution is 8.78. The quantitative estimate of drug-likeness (QED) is 0.498. The summed E-state index contributed by atoms with van der Waals surface area (Å²) < 4.78 is 0. The Morgan fingerprint density at radius 2 is 2.11 bits per heavy atom. The standard InChI is InChI=1S/C5H2N2S2/c6-1-4-3-8-9-5(4)2-7/h3H2. The molecule has 0 bridgehead atoms. The Balaban J connectivity index is 2.90. The van der Waals surface area contributed by atoms with E-state index in [0.29, 0.717) is 16.2 Å². The number of allylic oxidation sites excluding steroid dienone is 1. The molecule has 0 aromatic heterocycles. The topological polar surface area (TPSA) is 47.6 Å². The molecule has 1 aliphatic heterocycles. The molecule has 4 heteroatoms. The van der Waals surface area contributed by atoms with Crippen LogP contribution in [0.15, 0.2) is 10.5 Å². The minimum absolute atomic E-state index is 0.572. The van der Waals surface area contributed by atoms with E-state index in [2.05, 4.69) is 0 Å². The third kappa shape index (κ3) is 1.21. The second-order valence-corrected chi connectivity index (χ2v) is 3.68. The van der Waals surface area contributed by atoms with Crippen molar-refractivity contribution >= 4 is 21.6 Å².